The van der Waals surface area contributed by atoms with Crippen LogP contribution in [0.25, 0.3) is 0 Å². The van der Waals surface area contributed by atoms with Gasteiger partial charge in [0.1, 0.15) is 5.82 Å². The molecule has 0 aliphatic rings. The molecule has 1 aromatic carbocycles. The molecule has 5 heteroatoms. The molecule has 0 aliphatic carbocycles. The fraction of sp³-hybridized carbons (Fsp3) is 0.455. The highest BCUT2D eigenvalue weighted by molar-refractivity contribution is 6.31. The van der Waals surface area contributed by atoms with Gasteiger partial charge < -0.3 is 16.2 Å². The van der Waals surface area contributed by atoms with Crippen LogP contribution in [0, 0.1) is 12.7 Å². The number of likely N-dealkylation sites (N-methyl/N-ethyl adjacent to an activating group) is 1. The van der Waals surface area contributed by atoms with Crippen LogP contribution in [-0.2, 0) is 0 Å². The van der Waals surface area contributed by atoms with E-state index in [-0.39, 0.29) is 12.4 Å². The molecule has 0 spiro atoms. The van der Waals surface area contributed by atoms with E-state index in [1.54, 1.807) is 20.0 Å². The molecular weight excluding hydrogens is 231 g/mol. The molecule has 4 N–H and O–H groups in total. The fourth-order valence-electron chi connectivity index (χ4n) is 1.59. The number of aliphatic hydroxyl groups is 1. The number of aliphatic hydroxyl groups excluding tert-OH is 1. The zero-order valence-corrected chi connectivity index (χ0v) is 10.1. The summed E-state index contributed by atoms with van der Waals surface area (Å²) in [6.07, 6.45) is -0.801. The Morgan fingerprint density at radius 2 is 2.19 bits per heavy atom. The van der Waals surface area contributed by atoms with Crippen LogP contribution in [0.1, 0.15) is 17.2 Å². The molecule has 0 aliphatic heterocycles. The van der Waals surface area contributed by atoms with E-state index in [9.17, 15) is 9.50 Å². The molecule has 16 heavy (non-hydrogen) atoms. The third kappa shape index (κ3) is 2.71. The Morgan fingerprint density at radius 3 is 2.69 bits per heavy atom. The lowest BCUT2D eigenvalue weighted by Crippen LogP contribution is -2.35. The Labute approximate surface area is 99.4 Å². The van der Waals surface area contributed by atoms with Gasteiger partial charge in [0.25, 0.3) is 0 Å². The van der Waals surface area contributed by atoms with Crippen molar-refractivity contribution in [2.45, 2.75) is 19.1 Å². The van der Waals surface area contributed by atoms with E-state index < -0.39 is 12.1 Å². The summed E-state index contributed by atoms with van der Waals surface area (Å²) >= 11 is 6.02. The average molecular weight is 247 g/mol. The van der Waals surface area contributed by atoms with Gasteiger partial charge in [0, 0.05) is 11.6 Å². The Kier molecular flexibility index (Phi) is 4.68. The summed E-state index contributed by atoms with van der Waals surface area (Å²) in [6.45, 7) is 1.72. The standard InChI is InChI=1S/C11H16ClFN2O/c1-6-3-8(12)7(4-9(6)13)11(15-2)10(16)5-14/h3-4,10-11,15-16H,5,14H2,1-2H3. The largest absolute Gasteiger partial charge is 0.390 e. The summed E-state index contributed by atoms with van der Waals surface area (Å²) in [4.78, 5) is 0. The summed E-state index contributed by atoms with van der Waals surface area (Å²) in [5.74, 6) is -0.344. The molecule has 0 fully saturated rings. The third-order valence-electron chi connectivity index (χ3n) is 2.55. The summed E-state index contributed by atoms with van der Waals surface area (Å²) < 4.78 is 13.4. The van der Waals surface area contributed by atoms with Crippen LogP contribution >= 0.6 is 11.6 Å². The van der Waals surface area contributed by atoms with Crippen LogP contribution in [0.4, 0.5) is 4.39 Å². The van der Waals surface area contributed by atoms with Crippen LogP contribution in [0.2, 0.25) is 5.02 Å². The highest BCUT2D eigenvalue weighted by Crippen LogP contribution is 2.27. The van der Waals surface area contributed by atoms with E-state index in [2.05, 4.69) is 5.32 Å². The lowest BCUT2D eigenvalue weighted by atomic mass is 10.00. The van der Waals surface area contributed by atoms with Crippen molar-refractivity contribution in [2.75, 3.05) is 13.6 Å². The van der Waals surface area contributed by atoms with E-state index in [0.717, 1.165) is 0 Å². The zero-order valence-electron chi connectivity index (χ0n) is 9.30. The number of hydrogen-bond acceptors (Lipinski definition) is 3. The lowest BCUT2D eigenvalue weighted by Gasteiger charge is -2.23. The summed E-state index contributed by atoms with van der Waals surface area (Å²) in [6, 6.07) is 2.41. The van der Waals surface area contributed by atoms with Gasteiger partial charge in [-0.2, -0.15) is 0 Å². The SMILES string of the molecule is CNC(c1cc(F)c(C)cc1Cl)C(O)CN. The van der Waals surface area contributed by atoms with Gasteiger partial charge in [-0.05, 0) is 37.2 Å². The molecule has 0 aromatic heterocycles. The Bertz CT molecular complexity index is 373. The molecule has 1 aromatic rings. The van der Waals surface area contributed by atoms with Crippen molar-refractivity contribution in [1.29, 1.82) is 0 Å². The second-order valence-electron chi connectivity index (χ2n) is 3.69. The minimum Gasteiger partial charge on any atom is -0.390 e. The Hall–Kier alpha value is -0.680. The zero-order chi connectivity index (χ0) is 12.3. The predicted octanol–water partition coefficient (Wildman–Crippen LogP) is 1.37. The maximum Gasteiger partial charge on any atom is 0.126 e. The van der Waals surface area contributed by atoms with Gasteiger partial charge >= 0.3 is 0 Å². The van der Waals surface area contributed by atoms with Crippen molar-refractivity contribution in [3.8, 4) is 0 Å². The predicted molar refractivity (Wildman–Crippen MR) is 63.0 cm³/mol. The number of rotatable bonds is 4. The highest BCUT2D eigenvalue weighted by atomic mass is 35.5. The van der Waals surface area contributed by atoms with Crippen molar-refractivity contribution >= 4 is 11.6 Å². The van der Waals surface area contributed by atoms with Crippen LogP contribution in [-0.4, -0.2) is 24.8 Å². The molecular formula is C11H16ClFN2O. The fourth-order valence-corrected chi connectivity index (χ4v) is 1.93. The number of aryl methyl sites for hydroxylation is 1. The number of benzene rings is 1. The molecule has 0 amide bonds. The van der Waals surface area contributed by atoms with Gasteiger partial charge in [-0.15, -0.1) is 0 Å². The van der Waals surface area contributed by atoms with E-state index in [1.807, 2.05) is 0 Å². The molecule has 90 valence electrons. The van der Waals surface area contributed by atoms with Crippen molar-refractivity contribution in [2.24, 2.45) is 5.73 Å². The number of hydrogen-bond donors (Lipinski definition) is 3. The van der Waals surface area contributed by atoms with Crippen molar-refractivity contribution in [1.82, 2.24) is 5.32 Å². The topological polar surface area (TPSA) is 58.3 Å². The molecule has 0 heterocycles. The molecule has 1 rings (SSSR count). The first-order chi connectivity index (χ1) is 7.51. The van der Waals surface area contributed by atoms with Gasteiger partial charge in [0.15, 0.2) is 0 Å². The van der Waals surface area contributed by atoms with Crippen LogP contribution in [0.3, 0.4) is 0 Å². The molecule has 0 saturated heterocycles. The first-order valence-corrected chi connectivity index (χ1v) is 5.40. The van der Waals surface area contributed by atoms with Gasteiger partial charge in [0.2, 0.25) is 0 Å². The summed E-state index contributed by atoms with van der Waals surface area (Å²) in [5, 5.41) is 13.0. The van der Waals surface area contributed by atoms with Gasteiger partial charge in [-0.25, -0.2) is 4.39 Å². The molecule has 2 unspecified atom stereocenters. The van der Waals surface area contributed by atoms with Gasteiger partial charge in [-0.1, -0.05) is 11.6 Å². The van der Waals surface area contributed by atoms with E-state index in [4.69, 9.17) is 17.3 Å². The van der Waals surface area contributed by atoms with E-state index in [1.165, 1.54) is 6.07 Å². The van der Waals surface area contributed by atoms with Crippen molar-refractivity contribution < 1.29 is 9.50 Å². The van der Waals surface area contributed by atoms with Crippen LogP contribution in [0.15, 0.2) is 12.1 Å². The number of halogens is 2. The number of nitrogens with one attached hydrogen (secondary N) is 1. The van der Waals surface area contributed by atoms with Crippen LogP contribution < -0.4 is 11.1 Å². The minimum atomic E-state index is -0.801. The average Bonchev–Trinajstić information content (AvgIpc) is 2.26. The van der Waals surface area contributed by atoms with Crippen molar-refractivity contribution in [3.05, 3.63) is 34.1 Å². The highest BCUT2D eigenvalue weighted by Gasteiger charge is 2.21. The summed E-state index contributed by atoms with van der Waals surface area (Å²) in [5.41, 5.74) is 6.37. The summed E-state index contributed by atoms with van der Waals surface area (Å²) in [7, 11) is 1.66. The molecule has 0 bridgehead atoms. The monoisotopic (exact) mass is 246 g/mol. The molecule has 2 atom stereocenters. The molecule has 3 nitrogen and oxygen atoms in total. The number of nitrogens with two attached hydrogens (primary N) is 1. The van der Waals surface area contributed by atoms with E-state index in [0.29, 0.717) is 16.1 Å². The Balaban J connectivity index is 3.15. The normalized spacial score (nSPS) is 14.9. The second kappa shape index (κ2) is 5.59. The molecule has 0 radical (unpaired) electrons. The second-order valence-corrected chi connectivity index (χ2v) is 4.10. The smallest absolute Gasteiger partial charge is 0.126 e. The molecule has 0 saturated carbocycles. The quantitative estimate of drug-likeness (QED) is 0.752. The third-order valence-corrected chi connectivity index (χ3v) is 2.88. The lowest BCUT2D eigenvalue weighted by molar-refractivity contribution is 0.139. The van der Waals surface area contributed by atoms with Crippen molar-refractivity contribution in [3.63, 3.8) is 0 Å². The minimum absolute atomic E-state index is 0.0807. The maximum absolute atomic E-state index is 13.4. The Morgan fingerprint density at radius 1 is 1.56 bits per heavy atom. The van der Waals surface area contributed by atoms with Gasteiger partial charge in [-0.3, -0.25) is 0 Å². The van der Waals surface area contributed by atoms with Gasteiger partial charge in [0.05, 0.1) is 12.1 Å². The first-order valence-electron chi connectivity index (χ1n) is 5.02. The first kappa shape index (κ1) is 13.4. The van der Waals surface area contributed by atoms with E-state index >= 15 is 0 Å². The maximum atomic E-state index is 13.4. The van der Waals surface area contributed by atoms with Crippen LogP contribution in [0.5, 0.6) is 0 Å².